The first-order valence-corrected chi connectivity index (χ1v) is 11.6. The van der Waals surface area contributed by atoms with Crippen molar-refractivity contribution in [2.45, 2.75) is 70.8 Å². The molecule has 2 nitrogen and oxygen atoms in total. The Kier molecular flexibility index (Phi) is 7.30. The Morgan fingerprint density at radius 3 is 2.35 bits per heavy atom. The molecule has 0 radical (unpaired) electrons. The van der Waals surface area contributed by atoms with Crippen molar-refractivity contribution in [1.29, 1.82) is 0 Å². The van der Waals surface area contributed by atoms with Crippen LogP contribution in [-0.4, -0.2) is 24.3 Å². The number of rotatable bonds is 8. The van der Waals surface area contributed by atoms with Gasteiger partial charge in [-0.05, 0) is 44.6 Å². The molecule has 1 heterocycles. The first-order valence-electron chi connectivity index (χ1n) is 10.3. The number of benzene rings is 1. The zero-order chi connectivity index (χ0) is 18.4. The largest absolute Gasteiger partial charge is 0.392 e. The maximum Gasteiger partial charge on any atom is 0.178 e. The van der Waals surface area contributed by atoms with Crippen LogP contribution >= 0.6 is 10.7 Å². The van der Waals surface area contributed by atoms with Gasteiger partial charge in [-0.1, -0.05) is 49.6 Å². The third-order valence-electron chi connectivity index (χ3n) is 5.71. The third kappa shape index (κ3) is 4.76. The van der Waals surface area contributed by atoms with Crippen molar-refractivity contribution in [3.05, 3.63) is 57.8 Å². The van der Waals surface area contributed by atoms with E-state index in [1.807, 2.05) is 6.07 Å². The van der Waals surface area contributed by atoms with Crippen LogP contribution in [0.2, 0.25) is 0 Å². The second kappa shape index (κ2) is 9.68. The molecule has 2 atom stereocenters. The van der Waals surface area contributed by atoms with Crippen LogP contribution in [0.25, 0.3) is 0 Å². The molecule has 1 aromatic carbocycles. The Morgan fingerprint density at radius 2 is 1.69 bits per heavy atom. The van der Waals surface area contributed by atoms with Crippen LogP contribution in [0.15, 0.2) is 41.8 Å². The summed E-state index contributed by atoms with van der Waals surface area (Å²) in [6.07, 6.45) is 8.03. The molecule has 1 aromatic heterocycles. The fourth-order valence-electron chi connectivity index (χ4n) is 4.33. The molecule has 0 saturated heterocycles. The maximum atomic E-state index is 10.8. The first-order chi connectivity index (χ1) is 12.7. The van der Waals surface area contributed by atoms with Gasteiger partial charge in [0.25, 0.3) is 0 Å². The van der Waals surface area contributed by atoms with Crippen LogP contribution in [-0.2, 0) is 12.8 Å². The van der Waals surface area contributed by atoms with Crippen molar-refractivity contribution < 1.29 is 5.11 Å². The van der Waals surface area contributed by atoms with Crippen LogP contribution in [0.4, 0.5) is 0 Å². The molecule has 0 spiro atoms. The fraction of sp³-hybridized carbons (Fsp3) is 0.565. The van der Waals surface area contributed by atoms with Crippen LogP contribution in [0, 0.1) is 0 Å². The summed E-state index contributed by atoms with van der Waals surface area (Å²) in [4.78, 5) is 1.52. The molecule has 0 bridgehead atoms. The summed E-state index contributed by atoms with van der Waals surface area (Å²) >= 11 is 0. The van der Waals surface area contributed by atoms with Crippen molar-refractivity contribution in [3.63, 3.8) is 0 Å². The summed E-state index contributed by atoms with van der Waals surface area (Å²) in [6, 6.07) is 12.8. The SMILES string of the molecule is CCN(CC)[s+]1ccc(C2CCCCC2)c1CC(O)Cc1ccccc1. The van der Waals surface area contributed by atoms with E-state index in [-0.39, 0.29) is 16.8 Å². The quantitative estimate of drug-likeness (QED) is 0.609. The normalized spacial score (nSPS) is 17.6. The highest BCUT2D eigenvalue weighted by molar-refractivity contribution is 7.32. The zero-order valence-electron chi connectivity index (χ0n) is 16.4. The van der Waals surface area contributed by atoms with Gasteiger partial charge in [-0.15, -0.1) is 4.31 Å². The van der Waals surface area contributed by atoms with E-state index in [1.165, 1.54) is 42.5 Å². The minimum Gasteiger partial charge on any atom is -0.392 e. The Labute approximate surface area is 162 Å². The van der Waals surface area contributed by atoms with E-state index in [9.17, 15) is 5.11 Å². The highest BCUT2D eigenvalue weighted by atomic mass is 32.2. The number of aliphatic hydroxyl groups is 1. The molecule has 26 heavy (non-hydrogen) atoms. The molecular formula is C23H34NOS+. The van der Waals surface area contributed by atoms with Gasteiger partial charge in [0.15, 0.2) is 10.3 Å². The maximum absolute atomic E-state index is 10.8. The second-order valence-electron chi connectivity index (χ2n) is 7.49. The van der Waals surface area contributed by atoms with E-state index in [2.05, 4.69) is 53.9 Å². The molecule has 3 heteroatoms. The molecule has 1 aliphatic carbocycles. The first kappa shape index (κ1) is 19.6. The molecular weight excluding hydrogens is 338 g/mol. The lowest BCUT2D eigenvalue weighted by atomic mass is 9.83. The molecule has 1 saturated carbocycles. The third-order valence-corrected chi connectivity index (χ3v) is 8.09. The van der Waals surface area contributed by atoms with Crippen molar-refractivity contribution in [2.24, 2.45) is 0 Å². The van der Waals surface area contributed by atoms with Gasteiger partial charge in [-0.3, -0.25) is 0 Å². The Balaban J connectivity index is 1.82. The number of hydrogen-bond acceptors (Lipinski definition) is 2. The van der Waals surface area contributed by atoms with Gasteiger partial charge in [0.1, 0.15) is 0 Å². The number of hydrogen-bond donors (Lipinski definition) is 1. The molecule has 1 N–H and O–H groups in total. The molecule has 3 rings (SSSR count). The van der Waals surface area contributed by atoms with Gasteiger partial charge < -0.3 is 5.11 Å². The Bertz CT molecular complexity index is 656. The average Bonchev–Trinajstić information content (AvgIpc) is 3.07. The summed E-state index contributed by atoms with van der Waals surface area (Å²) < 4.78 is 2.55. The number of thiophene rings is 1. The lowest BCUT2D eigenvalue weighted by Gasteiger charge is -2.22. The molecule has 2 aromatic rings. The summed E-state index contributed by atoms with van der Waals surface area (Å²) in [5.74, 6) is 0.715. The van der Waals surface area contributed by atoms with E-state index in [0.717, 1.165) is 25.9 Å². The predicted octanol–water partition coefficient (Wildman–Crippen LogP) is 5.61. The Hall–Kier alpha value is -1.16. The number of nitrogens with zero attached hydrogens (tertiary/aromatic N) is 1. The van der Waals surface area contributed by atoms with E-state index < -0.39 is 0 Å². The van der Waals surface area contributed by atoms with Crippen molar-refractivity contribution in [2.75, 3.05) is 17.4 Å². The average molecular weight is 373 g/mol. The van der Waals surface area contributed by atoms with Crippen LogP contribution in [0.5, 0.6) is 0 Å². The van der Waals surface area contributed by atoms with Crippen LogP contribution in [0.1, 0.15) is 67.9 Å². The molecule has 1 fully saturated rings. The van der Waals surface area contributed by atoms with E-state index in [4.69, 9.17) is 0 Å². The topological polar surface area (TPSA) is 23.5 Å². The highest BCUT2D eigenvalue weighted by Gasteiger charge is 2.31. The minimum atomic E-state index is -0.295. The molecule has 0 amide bonds. The summed E-state index contributed by atoms with van der Waals surface area (Å²) in [5.41, 5.74) is 2.79. The van der Waals surface area contributed by atoms with E-state index in [0.29, 0.717) is 5.92 Å². The number of aliphatic hydroxyl groups excluding tert-OH is 1. The van der Waals surface area contributed by atoms with Crippen LogP contribution in [0.3, 0.4) is 0 Å². The minimum absolute atomic E-state index is 0.0592. The van der Waals surface area contributed by atoms with Gasteiger partial charge in [0.05, 0.1) is 23.2 Å². The van der Waals surface area contributed by atoms with Crippen LogP contribution < -0.4 is 4.31 Å². The molecule has 2 unspecified atom stereocenters. The lowest BCUT2D eigenvalue weighted by molar-refractivity contribution is 0.176. The predicted molar refractivity (Wildman–Crippen MR) is 114 cm³/mol. The van der Waals surface area contributed by atoms with E-state index in [1.54, 1.807) is 5.56 Å². The summed E-state index contributed by atoms with van der Waals surface area (Å²) in [5, 5.41) is 13.3. The lowest BCUT2D eigenvalue weighted by Crippen LogP contribution is -2.23. The standard InChI is InChI=1S/C23H34NOS/c1-3-24(4-2)26-16-15-22(20-13-9-6-10-14-20)23(26)18-21(25)17-19-11-7-5-8-12-19/h5,7-8,11-12,15-16,20-21,25H,3-4,6,9-10,13-14,17-18H2,1-2H3/q+1. The smallest absolute Gasteiger partial charge is 0.178 e. The van der Waals surface area contributed by atoms with Crippen molar-refractivity contribution >= 4 is 10.7 Å². The van der Waals surface area contributed by atoms with Crippen molar-refractivity contribution in [1.82, 2.24) is 0 Å². The van der Waals surface area contributed by atoms with Gasteiger partial charge in [0, 0.05) is 24.7 Å². The van der Waals surface area contributed by atoms with E-state index >= 15 is 0 Å². The summed E-state index contributed by atoms with van der Waals surface area (Å²) in [6.45, 7) is 6.64. The Morgan fingerprint density at radius 1 is 1.00 bits per heavy atom. The zero-order valence-corrected chi connectivity index (χ0v) is 17.2. The highest BCUT2D eigenvalue weighted by Crippen LogP contribution is 2.41. The van der Waals surface area contributed by atoms with Crippen molar-refractivity contribution in [3.8, 4) is 0 Å². The molecule has 0 aliphatic heterocycles. The van der Waals surface area contributed by atoms with Gasteiger partial charge in [0.2, 0.25) is 0 Å². The molecule has 142 valence electrons. The van der Waals surface area contributed by atoms with Gasteiger partial charge >= 0.3 is 0 Å². The van der Waals surface area contributed by atoms with Gasteiger partial charge in [-0.25, -0.2) is 0 Å². The van der Waals surface area contributed by atoms with Gasteiger partial charge in [-0.2, -0.15) is 0 Å². The summed E-state index contributed by atoms with van der Waals surface area (Å²) in [7, 11) is 0.0592. The monoisotopic (exact) mass is 372 g/mol. The fourth-order valence-corrected chi connectivity index (χ4v) is 6.65. The molecule has 1 aliphatic rings. The second-order valence-corrected chi connectivity index (χ2v) is 9.40.